The minimum Gasteiger partial charge on any atom is -0.481 e. The van der Waals surface area contributed by atoms with Crippen LogP contribution in [0.2, 0.25) is 0 Å². The van der Waals surface area contributed by atoms with Crippen LogP contribution in [0.4, 0.5) is 5.69 Å². The Bertz CT molecular complexity index is 275. The third-order valence-electron chi connectivity index (χ3n) is 1.24. The topological polar surface area (TPSA) is 60.5 Å². The monoisotopic (exact) mass is 165 g/mol. The first kappa shape index (κ1) is 8.52. The number of methoxy groups -OCH3 is 1. The van der Waals surface area contributed by atoms with E-state index in [0.717, 1.165) is 5.69 Å². The highest BCUT2D eigenvalue weighted by Gasteiger charge is 1.92. The van der Waals surface area contributed by atoms with Crippen LogP contribution < -0.4 is 10.5 Å². The van der Waals surface area contributed by atoms with Crippen molar-refractivity contribution in [1.29, 1.82) is 0 Å². The number of nitrogens with zero attached hydrogens (tertiary/aromatic N) is 2. The lowest BCUT2D eigenvalue weighted by atomic mass is 10.4. The van der Waals surface area contributed by atoms with E-state index in [1.54, 1.807) is 32.4 Å². The Morgan fingerprint density at radius 2 is 2.33 bits per heavy atom. The Morgan fingerprint density at radius 1 is 1.58 bits per heavy atom. The Kier molecular flexibility index (Phi) is 2.63. The molecular formula is C8H11N3O. The highest BCUT2D eigenvalue weighted by molar-refractivity contribution is 5.80. The molecule has 0 aliphatic heterocycles. The number of hydrogen-bond donors (Lipinski definition) is 1. The molecule has 4 nitrogen and oxygen atoms in total. The molecule has 0 fully saturated rings. The van der Waals surface area contributed by atoms with E-state index in [4.69, 9.17) is 10.5 Å². The van der Waals surface area contributed by atoms with Gasteiger partial charge in [0, 0.05) is 6.07 Å². The zero-order valence-corrected chi connectivity index (χ0v) is 7.11. The van der Waals surface area contributed by atoms with Crippen LogP contribution in [-0.4, -0.2) is 17.9 Å². The van der Waals surface area contributed by atoms with Crippen molar-refractivity contribution < 1.29 is 4.74 Å². The summed E-state index contributed by atoms with van der Waals surface area (Å²) in [5.74, 6) is 1.09. The van der Waals surface area contributed by atoms with Crippen molar-refractivity contribution in [3.63, 3.8) is 0 Å². The van der Waals surface area contributed by atoms with Gasteiger partial charge in [-0.1, -0.05) is 0 Å². The fraction of sp³-hybridized carbons (Fsp3) is 0.250. The van der Waals surface area contributed by atoms with Crippen molar-refractivity contribution in [3.8, 4) is 5.88 Å². The van der Waals surface area contributed by atoms with Gasteiger partial charge in [0.2, 0.25) is 5.88 Å². The zero-order chi connectivity index (χ0) is 8.97. The molecule has 0 radical (unpaired) electrons. The van der Waals surface area contributed by atoms with Gasteiger partial charge in [-0.3, -0.25) is 0 Å². The van der Waals surface area contributed by atoms with Gasteiger partial charge in [0.15, 0.2) is 0 Å². The second-order valence-electron chi connectivity index (χ2n) is 2.31. The Labute approximate surface area is 71.1 Å². The highest BCUT2D eigenvalue weighted by Crippen LogP contribution is 2.13. The smallest absolute Gasteiger partial charge is 0.213 e. The van der Waals surface area contributed by atoms with Crippen LogP contribution in [0.3, 0.4) is 0 Å². The van der Waals surface area contributed by atoms with Gasteiger partial charge in [-0.15, -0.1) is 0 Å². The molecule has 0 unspecified atom stereocenters. The molecule has 1 rings (SSSR count). The fourth-order valence-electron chi connectivity index (χ4n) is 0.763. The van der Waals surface area contributed by atoms with Gasteiger partial charge in [-0.2, -0.15) is 0 Å². The molecule has 2 N–H and O–H groups in total. The molecule has 1 heterocycles. The lowest BCUT2D eigenvalue weighted by molar-refractivity contribution is 0.398. The van der Waals surface area contributed by atoms with Crippen LogP contribution >= 0.6 is 0 Å². The van der Waals surface area contributed by atoms with Crippen LogP contribution in [0, 0.1) is 0 Å². The van der Waals surface area contributed by atoms with E-state index in [1.807, 2.05) is 0 Å². The SMILES string of the molecule is COc1ccc(N=C(C)N)cn1. The fourth-order valence-corrected chi connectivity index (χ4v) is 0.763. The lowest BCUT2D eigenvalue weighted by Gasteiger charge is -1.97. The zero-order valence-electron chi connectivity index (χ0n) is 7.11. The van der Waals surface area contributed by atoms with E-state index in [-0.39, 0.29) is 0 Å². The van der Waals surface area contributed by atoms with Crippen molar-refractivity contribution in [3.05, 3.63) is 18.3 Å². The molecule has 12 heavy (non-hydrogen) atoms. The highest BCUT2D eigenvalue weighted by atomic mass is 16.5. The molecule has 0 amide bonds. The molecule has 0 bridgehead atoms. The van der Waals surface area contributed by atoms with Crippen LogP contribution in [0.5, 0.6) is 5.88 Å². The minimum absolute atomic E-state index is 0.516. The van der Waals surface area contributed by atoms with Crippen molar-refractivity contribution >= 4 is 11.5 Å². The Hall–Kier alpha value is -1.58. The lowest BCUT2D eigenvalue weighted by Crippen LogP contribution is -2.03. The number of aliphatic imine (C=N–C) groups is 1. The first-order chi connectivity index (χ1) is 5.72. The first-order valence-electron chi connectivity index (χ1n) is 3.53. The van der Waals surface area contributed by atoms with Gasteiger partial charge in [0.25, 0.3) is 0 Å². The summed E-state index contributed by atoms with van der Waals surface area (Å²) in [6.45, 7) is 1.73. The van der Waals surface area contributed by atoms with Gasteiger partial charge < -0.3 is 10.5 Å². The quantitative estimate of drug-likeness (QED) is 0.527. The van der Waals surface area contributed by atoms with Gasteiger partial charge >= 0.3 is 0 Å². The second kappa shape index (κ2) is 3.71. The molecule has 0 saturated heterocycles. The number of pyridine rings is 1. The van der Waals surface area contributed by atoms with Crippen LogP contribution in [0.25, 0.3) is 0 Å². The summed E-state index contributed by atoms with van der Waals surface area (Å²) in [7, 11) is 1.57. The van der Waals surface area contributed by atoms with Crippen molar-refractivity contribution in [2.24, 2.45) is 10.7 Å². The summed E-state index contributed by atoms with van der Waals surface area (Å²) in [6, 6.07) is 3.53. The third kappa shape index (κ3) is 2.23. The van der Waals surface area contributed by atoms with E-state index >= 15 is 0 Å². The predicted molar refractivity (Wildman–Crippen MR) is 47.7 cm³/mol. The largest absolute Gasteiger partial charge is 0.481 e. The molecule has 1 aromatic rings. The van der Waals surface area contributed by atoms with Gasteiger partial charge in [0.1, 0.15) is 0 Å². The molecule has 0 aliphatic rings. The van der Waals surface area contributed by atoms with Crippen LogP contribution in [0.15, 0.2) is 23.3 Å². The van der Waals surface area contributed by atoms with E-state index in [2.05, 4.69) is 9.98 Å². The Balaban J connectivity index is 2.85. The summed E-state index contributed by atoms with van der Waals surface area (Å²) in [5.41, 5.74) is 6.12. The molecule has 0 saturated carbocycles. The molecule has 64 valence electrons. The molecule has 0 atom stereocenters. The van der Waals surface area contributed by atoms with Gasteiger partial charge in [-0.05, 0) is 13.0 Å². The number of hydrogen-bond acceptors (Lipinski definition) is 3. The van der Waals surface area contributed by atoms with E-state index in [9.17, 15) is 0 Å². The van der Waals surface area contributed by atoms with E-state index in [0.29, 0.717) is 11.7 Å². The number of aromatic nitrogens is 1. The first-order valence-corrected chi connectivity index (χ1v) is 3.53. The second-order valence-corrected chi connectivity index (χ2v) is 2.31. The average Bonchev–Trinajstić information content (AvgIpc) is 2.05. The van der Waals surface area contributed by atoms with Crippen LogP contribution in [-0.2, 0) is 0 Å². The van der Waals surface area contributed by atoms with Crippen LogP contribution in [0.1, 0.15) is 6.92 Å². The summed E-state index contributed by atoms with van der Waals surface area (Å²) in [6.07, 6.45) is 1.61. The standard InChI is InChI=1S/C8H11N3O/c1-6(9)11-7-3-4-8(12-2)10-5-7/h3-5H,1-2H3,(H2,9,11). The van der Waals surface area contributed by atoms with E-state index in [1.165, 1.54) is 0 Å². The maximum atomic E-state index is 5.39. The summed E-state index contributed by atoms with van der Waals surface area (Å²) in [5, 5.41) is 0. The summed E-state index contributed by atoms with van der Waals surface area (Å²) >= 11 is 0. The molecule has 0 spiro atoms. The average molecular weight is 165 g/mol. The summed E-state index contributed by atoms with van der Waals surface area (Å²) in [4.78, 5) is 7.98. The minimum atomic E-state index is 0.516. The molecule has 0 aromatic carbocycles. The van der Waals surface area contributed by atoms with E-state index < -0.39 is 0 Å². The maximum absolute atomic E-state index is 5.39. The number of rotatable bonds is 2. The summed E-state index contributed by atoms with van der Waals surface area (Å²) < 4.78 is 4.88. The van der Waals surface area contributed by atoms with Crippen molar-refractivity contribution in [2.75, 3.05) is 7.11 Å². The van der Waals surface area contributed by atoms with Crippen molar-refractivity contribution in [2.45, 2.75) is 6.92 Å². The number of nitrogens with two attached hydrogens (primary N) is 1. The molecule has 4 heteroatoms. The maximum Gasteiger partial charge on any atom is 0.213 e. The molecular weight excluding hydrogens is 154 g/mol. The predicted octanol–water partition coefficient (Wildman–Crippen LogP) is 1.10. The van der Waals surface area contributed by atoms with Gasteiger partial charge in [0.05, 0.1) is 24.8 Å². The van der Waals surface area contributed by atoms with Gasteiger partial charge in [-0.25, -0.2) is 9.98 Å². The normalized spacial score (nSPS) is 11.3. The number of ether oxygens (including phenoxy) is 1. The van der Waals surface area contributed by atoms with Crippen molar-refractivity contribution in [1.82, 2.24) is 4.98 Å². The Morgan fingerprint density at radius 3 is 2.75 bits per heavy atom. The number of amidine groups is 1. The molecule has 0 aliphatic carbocycles. The molecule has 1 aromatic heterocycles. The third-order valence-corrected chi connectivity index (χ3v) is 1.24.